The number of carbonyl (C=O) groups is 1. The predicted octanol–water partition coefficient (Wildman–Crippen LogP) is 3.57. The van der Waals surface area contributed by atoms with Crippen LogP contribution in [0.25, 0.3) is 0 Å². The number of hydrogen-bond donors (Lipinski definition) is 2. The monoisotopic (exact) mass is 303 g/mol. The molecule has 0 fully saturated rings. The molecule has 2 aromatic rings. The van der Waals surface area contributed by atoms with Gasteiger partial charge < -0.3 is 14.6 Å². The fraction of sp³-hybridized carbons (Fsp3) is 0.375. The Morgan fingerprint density at radius 2 is 2.14 bits per heavy atom. The third kappa shape index (κ3) is 4.00. The van der Waals surface area contributed by atoms with E-state index in [2.05, 4.69) is 15.8 Å². The number of aryl methyl sites for hydroxylation is 2. The molecular weight excluding hydrogens is 282 g/mol. The Morgan fingerprint density at radius 1 is 1.36 bits per heavy atom. The molecule has 22 heavy (non-hydrogen) atoms. The van der Waals surface area contributed by atoms with Gasteiger partial charge in [-0.15, -0.1) is 0 Å². The Bertz CT molecular complexity index is 652. The van der Waals surface area contributed by atoms with Crippen LogP contribution in [0.2, 0.25) is 0 Å². The van der Waals surface area contributed by atoms with Gasteiger partial charge >= 0.3 is 6.03 Å². The second kappa shape index (κ2) is 6.98. The molecule has 0 aliphatic rings. The van der Waals surface area contributed by atoms with Crippen LogP contribution in [0.4, 0.5) is 10.6 Å². The van der Waals surface area contributed by atoms with E-state index in [1.165, 1.54) is 0 Å². The highest BCUT2D eigenvalue weighted by Crippen LogP contribution is 2.26. The van der Waals surface area contributed by atoms with E-state index in [0.29, 0.717) is 18.2 Å². The van der Waals surface area contributed by atoms with Gasteiger partial charge in [0.15, 0.2) is 5.82 Å². The fourth-order valence-corrected chi connectivity index (χ4v) is 2.15. The van der Waals surface area contributed by atoms with Crippen LogP contribution in [-0.4, -0.2) is 17.8 Å². The van der Waals surface area contributed by atoms with Crippen molar-refractivity contribution in [1.82, 2.24) is 10.5 Å². The molecule has 0 radical (unpaired) electrons. The number of benzene rings is 1. The standard InChI is InChI=1S/C16H21N3O3/c1-5-21-14-7-6-10(2)8-13(14)12(4)17-16(20)18-15-9-11(3)22-19-15/h6-9,12H,5H2,1-4H3,(H2,17,18,19,20). The molecule has 0 aliphatic carbocycles. The van der Waals surface area contributed by atoms with E-state index in [9.17, 15) is 4.79 Å². The summed E-state index contributed by atoms with van der Waals surface area (Å²) in [4.78, 5) is 12.0. The van der Waals surface area contributed by atoms with Crippen LogP contribution < -0.4 is 15.4 Å². The Hall–Kier alpha value is -2.50. The zero-order chi connectivity index (χ0) is 16.1. The Balaban J connectivity index is 2.06. The van der Waals surface area contributed by atoms with E-state index in [1.807, 2.05) is 39.0 Å². The number of carbonyl (C=O) groups excluding carboxylic acids is 1. The zero-order valence-corrected chi connectivity index (χ0v) is 13.3. The predicted molar refractivity (Wildman–Crippen MR) is 84.2 cm³/mol. The molecule has 1 aromatic carbocycles. The van der Waals surface area contributed by atoms with Crippen molar-refractivity contribution in [2.24, 2.45) is 0 Å². The third-order valence-electron chi connectivity index (χ3n) is 3.15. The quantitative estimate of drug-likeness (QED) is 0.885. The zero-order valence-electron chi connectivity index (χ0n) is 13.3. The van der Waals surface area contributed by atoms with E-state index in [1.54, 1.807) is 13.0 Å². The first-order chi connectivity index (χ1) is 10.5. The minimum absolute atomic E-state index is 0.200. The number of anilines is 1. The summed E-state index contributed by atoms with van der Waals surface area (Å²) < 4.78 is 10.5. The molecule has 0 saturated heterocycles. The highest BCUT2D eigenvalue weighted by Gasteiger charge is 2.15. The highest BCUT2D eigenvalue weighted by atomic mass is 16.5. The summed E-state index contributed by atoms with van der Waals surface area (Å²) in [6, 6.07) is 7.03. The van der Waals surface area contributed by atoms with Gasteiger partial charge in [-0.2, -0.15) is 0 Å². The highest BCUT2D eigenvalue weighted by molar-refractivity contribution is 5.88. The summed E-state index contributed by atoms with van der Waals surface area (Å²) in [5.74, 6) is 1.80. The lowest BCUT2D eigenvalue weighted by Crippen LogP contribution is -2.31. The maximum atomic E-state index is 12.0. The first-order valence-corrected chi connectivity index (χ1v) is 7.23. The number of aromatic nitrogens is 1. The lowest BCUT2D eigenvalue weighted by molar-refractivity contribution is 0.248. The second-order valence-corrected chi connectivity index (χ2v) is 5.12. The van der Waals surface area contributed by atoms with Crippen molar-refractivity contribution in [3.63, 3.8) is 0 Å². The molecule has 0 bridgehead atoms. The smallest absolute Gasteiger partial charge is 0.320 e. The van der Waals surface area contributed by atoms with Crippen LogP contribution >= 0.6 is 0 Å². The molecule has 2 rings (SSSR count). The van der Waals surface area contributed by atoms with Gasteiger partial charge in [0.2, 0.25) is 0 Å². The van der Waals surface area contributed by atoms with Crippen molar-refractivity contribution >= 4 is 11.8 Å². The van der Waals surface area contributed by atoms with Crippen molar-refractivity contribution in [2.75, 3.05) is 11.9 Å². The number of rotatable bonds is 5. The first-order valence-electron chi connectivity index (χ1n) is 7.23. The lowest BCUT2D eigenvalue weighted by atomic mass is 10.0. The van der Waals surface area contributed by atoms with Gasteiger partial charge in [-0.3, -0.25) is 5.32 Å². The van der Waals surface area contributed by atoms with E-state index in [4.69, 9.17) is 9.26 Å². The number of nitrogens with one attached hydrogen (secondary N) is 2. The number of hydrogen-bond acceptors (Lipinski definition) is 4. The molecule has 6 nitrogen and oxygen atoms in total. The van der Waals surface area contributed by atoms with Gasteiger partial charge in [-0.25, -0.2) is 4.79 Å². The van der Waals surface area contributed by atoms with Crippen LogP contribution in [0, 0.1) is 13.8 Å². The van der Waals surface area contributed by atoms with Crippen LogP contribution in [0.5, 0.6) is 5.75 Å². The minimum Gasteiger partial charge on any atom is -0.494 e. The fourth-order valence-electron chi connectivity index (χ4n) is 2.15. The largest absolute Gasteiger partial charge is 0.494 e. The maximum absolute atomic E-state index is 12.0. The molecule has 2 amide bonds. The molecular formula is C16H21N3O3. The number of urea groups is 1. The Kier molecular flexibility index (Phi) is 5.04. The number of ether oxygens (including phenoxy) is 1. The van der Waals surface area contributed by atoms with Crippen molar-refractivity contribution < 1.29 is 14.1 Å². The minimum atomic E-state index is -0.343. The lowest BCUT2D eigenvalue weighted by Gasteiger charge is -2.18. The first kappa shape index (κ1) is 15.9. The van der Waals surface area contributed by atoms with Crippen LogP contribution in [0.1, 0.15) is 36.8 Å². The third-order valence-corrected chi connectivity index (χ3v) is 3.15. The van der Waals surface area contributed by atoms with Gasteiger partial charge in [-0.1, -0.05) is 22.9 Å². The van der Waals surface area contributed by atoms with Gasteiger partial charge in [0.05, 0.1) is 12.6 Å². The number of nitrogens with zero attached hydrogens (tertiary/aromatic N) is 1. The molecule has 118 valence electrons. The van der Waals surface area contributed by atoms with Gasteiger partial charge in [-0.05, 0) is 33.8 Å². The van der Waals surface area contributed by atoms with Gasteiger partial charge in [0.25, 0.3) is 0 Å². The molecule has 1 unspecified atom stereocenters. The molecule has 6 heteroatoms. The van der Waals surface area contributed by atoms with E-state index in [0.717, 1.165) is 16.9 Å². The van der Waals surface area contributed by atoms with E-state index >= 15 is 0 Å². The van der Waals surface area contributed by atoms with Crippen molar-refractivity contribution in [1.29, 1.82) is 0 Å². The normalized spacial score (nSPS) is 11.8. The molecule has 1 heterocycles. The molecule has 2 N–H and O–H groups in total. The van der Waals surface area contributed by atoms with E-state index < -0.39 is 0 Å². The summed E-state index contributed by atoms with van der Waals surface area (Å²) in [7, 11) is 0. The Labute approximate surface area is 129 Å². The van der Waals surface area contributed by atoms with Crippen molar-refractivity contribution in [3.8, 4) is 5.75 Å². The summed E-state index contributed by atoms with van der Waals surface area (Å²) in [6.45, 7) is 8.18. The maximum Gasteiger partial charge on any atom is 0.320 e. The summed E-state index contributed by atoms with van der Waals surface area (Å²) in [6.07, 6.45) is 0. The summed E-state index contributed by atoms with van der Waals surface area (Å²) in [5, 5.41) is 9.23. The topological polar surface area (TPSA) is 76.4 Å². The Morgan fingerprint density at radius 3 is 2.77 bits per heavy atom. The average molecular weight is 303 g/mol. The molecule has 1 aromatic heterocycles. The molecule has 0 spiro atoms. The SMILES string of the molecule is CCOc1ccc(C)cc1C(C)NC(=O)Nc1cc(C)on1. The second-order valence-electron chi connectivity index (χ2n) is 5.12. The van der Waals surface area contributed by atoms with Crippen molar-refractivity contribution in [3.05, 3.63) is 41.2 Å². The molecule has 1 atom stereocenters. The van der Waals surface area contributed by atoms with Crippen molar-refractivity contribution in [2.45, 2.75) is 33.7 Å². The van der Waals surface area contributed by atoms with Gasteiger partial charge in [0, 0.05) is 11.6 Å². The van der Waals surface area contributed by atoms with Crippen LogP contribution in [0.3, 0.4) is 0 Å². The average Bonchev–Trinajstić information content (AvgIpc) is 2.86. The molecule has 0 saturated carbocycles. The van der Waals surface area contributed by atoms with Crippen LogP contribution in [0.15, 0.2) is 28.8 Å². The summed E-state index contributed by atoms with van der Waals surface area (Å²) >= 11 is 0. The van der Waals surface area contributed by atoms with Gasteiger partial charge in [0.1, 0.15) is 11.5 Å². The summed E-state index contributed by atoms with van der Waals surface area (Å²) in [5.41, 5.74) is 2.05. The van der Waals surface area contributed by atoms with E-state index in [-0.39, 0.29) is 12.1 Å². The van der Waals surface area contributed by atoms with Crippen LogP contribution in [-0.2, 0) is 0 Å². The number of amides is 2. The molecule has 0 aliphatic heterocycles.